The first kappa shape index (κ1) is 20.0. The minimum absolute atomic E-state index is 0.385. The number of benzene rings is 1. The van der Waals surface area contributed by atoms with Crippen LogP contribution in [0.2, 0.25) is 0 Å². The maximum atomic E-state index is 13.0. The average molecular weight is 384 g/mol. The topological polar surface area (TPSA) is 81.8 Å². The number of carbonyl (C=O) groups excluding carboxylic acids is 2. The molecule has 1 aliphatic heterocycles. The fraction of sp³-hybridized carbons (Fsp3) is 0.381. The minimum Gasteiger partial charge on any atom is -0.370 e. The van der Waals surface area contributed by atoms with E-state index in [0.717, 1.165) is 39.3 Å². The van der Waals surface area contributed by atoms with Crippen molar-refractivity contribution in [3.63, 3.8) is 0 Å². The first-order valence-corrected chi connectivity index (χ1v) is 9.62. The number of morpholine rings is 1. The Labute approximate surface area is 163 Å². The van der Waals surface area contributed by atoms with Gasteiger partial charge in [-0.2, -0.15) is 0 Å². The Morgan fingerprint density at radius 3 is 2.50 bits per heavy atom. The third kappa shape index (κ3) is 5.15. The summed E-state index contributed by atoms with van der Waals surface area (Å²) in [6, 6.07) is 11.9. The SMILES string of the molecule is O=C(NCCC[NH+]1CCOCC1)[C@H](C(=O)c1ccccc1)n1ccccc1=O. The van der Waals surface area contributed by atoms with Crippen LogP contribution in [-0.2, 0) is 9.53 Å². The van der Waals surface area contributed by atoms with Crippen molar-refractivity contribution in [1.82, 2.24) is 9.88 Å². The molecule has 1 aromatic carbocycles. The summed E-state index contributed by atoms with van der Waals surface area (Å²) in [5.74, 6) is -0.857. The Hall–Kier alpha value is -2.77. The van der Waals surface area contributed by atoms with Crippen LogP contribution in [0.3, 0.4) is 0 Å². The molecule has 7 nitrogen and oxygen atoms in total. The van der Waals surface area contributed by atoms with Crippen LogP contribution in [0.5, 0.6) is 0 Å². The highest BCUT2D eigenvalue weighted by atomic mass is 16.5. The molecule has 0 bridgehead atoms. The van der Waals surface area contributed by atoms with Gasteiger partial charge in [0, 0.05) is 30.8 Å². The number of aromatic nitrogens is 1. The lowest BCUT2D eigenvalue weighted by atomic mass is 10.0. The maximum absolute atomic E-state index is 13.0. The third-order valence-electron chi connectivity index (χ3n) is 4.89. The molecule has 0 spiro atoms. The van der Waals surface area contributed by atoms with Crippen molar-refractivity contribution in [2.45, 2.75) is 12.5 Å². The smallest absolute Gasteiger partial charge is 0.251 e. The number of amides is 1. The Morgan fingerprint density at radius 2 is 1.79 bits per heavy atom. The van der Waals surface area contributed by atoms with Gasteiger partial charge in [-0.3, -0.25) is 19.0 Å². The maximum Gasteiger partial charge on any atom is 0.251 e. The summed E-state index contributed by atoms with van der Waals surface area (Å²) in [6.07, 6.45) is 2.28. The van der Waals surface area contributed by atoms with Gasteiger partial charge in [0.2, 0.25) is 0 Å². The van der Waals surface area contributed by atoms with E-state index in [-0.39, 0.29) is 5.56 Å². The number of quaternary nitrogens is 1. The Bertz CT molecular complexity index is 844. The van der Waals surface area contributed by atoms with Gasteiger partial charge >= 0.3 is 0 Å². The number of hydrogen-bond donors (Lipinski definition) is 2. The molecule has 1 amide bonds. The van der Waals surface area contributed by atoms with Crippen molar-refractivity contribution in [3.8, 4) is 0 Å². The molecule has 2 N–H and O–H groups in total. The van der Waals surface area contributed by atoms with Gasteiger partial charge in [-0.25, -0.2) is 0 Å². The second-order valence-electron chi connectivity index (χ2n) is 6.84. The number of nitrogens with one attached hydrogen (secondary N) is 2. The zero-order valence-electron chi connectivity index (χ0n) is 15.8. The van der Waals surface area contributed by atoms with Crippen LogP contribution in [-0.4, -0.2) is 55.7 Å². The zero-order valence-corrected chi connectivity index (χ0v) is 15.8. The number of nitrogens with zero attached hydrogens (tertiary/aromatic N) is 1. The van der Waals surface area contributed by atoms with E-state index in [1.807, 2.05) is 0 Å². The lowest BCUT2D eigenvalue weighted by molar-refractivity contribution is -0.908. The molecule has 1 atom stereocenters. The summed E-state index contributed by atoms with van der Waals surface area (Å²) in [4.78, 5) is 39.5. The fourth-order valence-electron chi connectivity index (χ4n) is 3.34. The van der Waals surface area contributed by atoms with Gasteiger partial charge in [-0.1, -0.05) is 36.4 Å². The van der Waals surface area contributed by atoms with Crippen LogP contribution < -0.4 is 15.8 Å². The zero-order chi connectivity index (χ0) is 19.8. The van der Waals surface area contributed by atoms with Gasteiger partial charge in [-0.15, -0.1) is 0 Å². The van der Waals surface area contributed by atoms with E-state index in [1.165, 1.54) is 21.7 Å². The standard InChI is InChI=1S/C21H25N3O4/c25-18-9-4-5-12-24(18)19(20(26)17-7-2-1-3-8-17)21(27)22-10-6-11-23-13-15-28-16-14-23/h1-5,7-9,12,19H,6,10-11,13-16H2,(H,22,27)/p+1/t19-/m0/s1. The lowest BCUT2D eigenvalue weighted by Crippen LogP contribution is -3.14. The van der Waals surface area contributed by atoms with Gasteiger partial charge in [0.15, 0.2) is 11.8 Å². The molecule has 2 aromatic rings. The molecule has 1 aromatic heterocycles. The summed E-state index contributed by atoms with van der Waals surface area (Å²) in [5.41, 5.74) is 0.0147. The van der Waals surface area contributed by atoms with Gasteiger partial charge in [0.25, 0.3) is 11.5 Å². The summed E-state index contributed by atoms with van der Waals surface area (Å²) >= 11 is 0. The predicted molar refractivity (Wildman–Crippen MR) is 105 cm³/mol. The highest BCUT2D eigenvalue weighted by Crippen LogP contribution is 2.13. The quantitative estimate of drug-likeness (QED) is 0.372. The van der Waals surface area contributed by atoms with Gasteiger partial charge < -0.3 is 15.0 Å². The Balaban J connectivity index is 1.68. The first-order valence-electron chi connectivity index (χ1n) is 9.62. The second-order valence-corrected chi connectivity index (χ2v) is 6.84. The van der Waals surface area contributed by atoms with Crippen molar-refractivity contribution in [3.05, 3.63) is 70.6 Å². The van der Waals surface area contributed by atoms with Crippen molar-refractivity contribution >= 4 is 11.7 Å². The van der Waals surface area contributed by atoms with Crippen molar-refractivity contribution in [1.29, 1.82) is 0 Å². The molecule has 0 radical (unpaired) electrons. The monoisotopic (exact) mass is 384 g/mol. The first-order chi connectivity index (χ1) is 13.7. The van der Waals surface area contributed by atoms with E-state index < -0.39 is 17.7 Å². The molecule has 148 valence electrons. The van der Waals surface area contributed by atoms with Crippen LogP contribution in [0.1, 0.15) is 22.8 Å². The molecule has 0 aliphatic carbocycles. The number of ketones is 1. The molecule has 1 fully saturated rings. The van der Waals surface area contributed by atoms with Gasteiger partial charge in [0.1, 0.15) is 13.1 Å². The number of hydrogen-bond acceptors (Lipinski definition) is 4. The van der Waals surface area contributed by atoms with Crippen LogP contribution >= 0.6 is 0 Å². The van der Waals surface area contributed by atoms with Crippen LogP contribution in [0.4, 0.5) is 0 Å². The summed E-state index contributed by atoms with van der Waals surface area (Å²) in [6.45, 7) is 4.89. The molecular weight excluding hydrogens is 358 g/mol. The molecule has 1 saturated heterocycles. The molecular formula is C21H26N3O4+. The van der Waals surface area contributed by atoms with E-state index in [1.54, 1.807) is 42.5 Å². The molecule has 3 rings (SSSR count). The summed E-state index contributed by atoms with van der Waals surface area (Å²) in [5, 5.41) is 2.83. The van der Waals surface area contributed by atoms with E-state index in [9.17, 15) is 14.4 Å². The third-order valence-corrected chi connectivity index (χ3v) is 4.89. The molecule has 7 heteroatoms. The Morgan fingerprint density at radius 1 is 1.07 bits per heavy atom. The fourth-order valence-corrected chi connectivity index (χ4v) is 3.34. The number of ether oxygens (including phenoxy) is 1. The highest BCUT2D eigenvalue weighted by molar-refractivity contribution is 6.11. The van der Waals surface area contributed by atoms with E-state index in [4.69, 9.17) is 4.74 Å². The van der Waals surface area contributed by atoms with Crippen LogP contribution in [0, 0.1) is 0 Å². The summed E-state index contributed by atoms with van der Waals surface area (Å²) < 4.78 is 6.54. The number of carbonyl (C=O) groups is 2. The van der Waals surface area contributed by atoms with Gasteiger partial charge in [0.05, 0.1) is 19.8 Å². The highest BCUT2D eigenvalue weighted by Gasteiger charge is 2.29. The van der Waals surface area contributed by atoms with E-state index >= 15 is 0 Å². The van der Waals surface area contributed by atoms with Crippen LogP contribution in [0.15, 0.2) is 59.5 Å². The molecule has 0 saturated carbocycles. The van der Waals surface area contributed by atoms with Crippen molar-refractivity contribution < 1.29 is 19.2 Å². The van der Waals surface area contributed by atoms with E-state index in [0.29, 0.717) is 12.1 Å². The van der Waals surface area contributed by atoms with Crippen molar-refractivity contribution in [2.75, 3.05) is 39.4 Å². The molecule has 2 heterocycles. The van der Waals surface area contributed by atoms with Crippen LogP contribution in [0.25, 0.3) is 0 Å². The van der Waals surface area contributed by atoms with E-state index in [2.05, 4.69) is 5.32 Å². The largest absolute Gasteiger partial charge is 0.370 e. The lowest BCUT2D eigenvalue weighted by Gasteiger charge is -2.24. The minimum atomic E-state index is -1.22. The second kappa shape index (κ2) is 9.96. The number of rotatable bonds is 8. The number of pyridine rings is 1. The molecule has 0 unspecified atom stereocenters. The van der Waals surface area contributed by atoms with Gasteiger partial charge in [-0.05, 0) is 6.07 Å². The average Bonchev–Trinajstić information content (AvgIpc) is 2.74. The Kier molecular flexibility index (Phi) is 7.11. The predicted octanol–water partition coefficient (Wildman–Crippen LogP) is -0.306. The number of Topliss-reactive ketones (excluding diaryl/α,β-unsaturated/α-hetero) is 1. The molecule has 28 heavy (non-hydrogen) atoms. The summed E-state index contributed by atoms with van der Waals surface area (Å²) in [7, 11) is 0. The normalized spacial score (nSPS) is 15.7. The molecule has 1 aliphatic rings. The van der Waals surface area contributed by atoms with Crippen molar-refractivity contribution in [2.24, 2.45) is 0 Å².